The number of benzene rings is 2. The topological polar surface area (TPSA) is 50.7 Å². The van der Waals surface area contributed by atoms with Gasteiger partial charge < -0.3 is 4.74 Å². The second-order valence-electron chi connectivity index (χ2n) is 9.24. The Morgan fingerprint density at radius 3 is 2.03 bits per heavy atom. The number of ether oxygens (including phenoxy) is 1. The Labute approximate surface area is 217 Å². The fourth-order valence-electron chi connectivity index (χ4n) is 3.99. The maximum atomic E-state index is 12.1. The summed E-state index contributed by atoms with van der Waals surface area (Å²) in [7, 11) is 0. The van der Waals surface area contributed by atoms with Gasteiger partial charge in [-0.1, -0.05) is 120 Å². The van der Waals surface area contributed by atoms with Crippen LogP contribution in [0, 0.1) is 0 Å². The van der Waals surface area contributed by atoms with Crippen molar-refractivity contribution in [3.63, 3.8) is 0 Å². The van der Waals surface area contributed by atoms with E-state index in [2.05, 4.69) is 17.5 Å². The van der Waals surface area contributed by atoms with E-state index < -0.39 is 0 Å². The highest BCUT2D eigenvalue weighted by Crippen LogP contribution is 2.18. The van der Waals surface area contributed by atoms with Gasteiger partial charge in [-0.15, -0.1) is 0 Å². The van der Waals surface area contributed by atoms with Gasteiger partial charge in [0.05, 0.1) is 6.21 Å². The van der Waals surface area contributed by atoms with Gasteiger partial charge in [-0.3, -0.25) is 4.79 Å². The molecule has 1 amide bonds. The normalized spacial score (nSPS) is 11.1. The van der Waals surface area contributed by atoms with Gasteiger partial charge in [-0.25, -0.2) is 5.43 Å². The van der Waals surface area contributed by atoms with Crippen LogP contribution in [0.3, 0.4) is 0 Å². The van der Waals surface area contributed by atoms with Crippen LogP contribution >= 0.6 is 11.6 Å². The zero-order valence-electron chi connectivity index (χ0n) is 21.4. The van der Waals surface area contributed by atoms with E-state index in [9.17, 15) is 4.79 Å². The van der Waals surface area contributed by atoms with Crippen molar-refractivity contribution in [1.82, 2.24) is 5.43 Å². The fourth-order valence-corrected chi connectivity index (χ4v) is 4.12. The first-order valence-corrected chi connectivity index (χ1v) is 13.8. The molecule has 35 heavy (non-hydrogen) atoms. The maximum Gasteiger partial charge on any atom is 0.240 e. The number of amides is 1. The Bertz CT molecular complexity index is 852. The summed E-state index contributed by atoms with van der Waals surface area (Å²) in [6, 6.07) is 15.2. The number of para-hydroxylation sites is 1. The number of halogens is 1. The van der Waals surface area contributed by atoms with Gasteiger partial charge in [0.1, 0.15) is 12.4 Å². The third-order valence-electron chi connectivity index (χ3n) is 6.13. The van der Waals surface area contributed by atoms with E-state index in [4.69, 9.17) is 16.3 Å². The fraction of sp³-hybridized carbons (Fsp3) is 0.533. The first kappa shape index (κ1) is 28.9. The first-order valence-electron chi connectivity index (χ1n) is 13.5. The minimum Gasteiger partial charge on any atom is -0.488 e. The Kier molecular flexibility index (Phi) is 15.6. The average Bonchev–Trinajstić information content (AvgIpc) is 2.87. The van der Waals surface area contributed by atoms with Gasteiger partial charge in [0.15, 0.2) is 0 Å². The zero-order chi connectivity index (χ0) is 25.0. The van der Waals surface area contributed by atoms with Gasteiger partial charge in [-0.2, -0.15) is 5.10 Å². The highest BCUT2D eigenvalue weighted by Gasteiger charge is 2.03. The van der Waals surface area contributed by atoms with Crippen molar-refractivity contribution < 1.29 is 9.53 Å². The molecule has 1 N–H and O–H groups in total. The highest BCUT2D eigenvalue weighted by molar-refractivity contribution is 6.30. The Balaban J connectivity index is 1.53. The van der Waals surface area contributed by atoms with Crippen molar-refractivity contribution in [2.24, 2.45) is 5.10 Å². The number of hydrogen-bond acceptors (Lipinski definition) is 3. The molecule has 4 nitrogen and oxygen atoms in total. The summed E-state index contributed by atoms with van der Waals surface area (Å²) < 4.78 is 5.93. The summed E-state index contributed by atoms with van der Waals surface area (Å²) in [5.41, 5.74) is 4.50. The lowest BCUT2D eigenvalue weighted by molar-refractivity contribution is -0.121. The van der Waals surface area contributed by atoms with Crippen LogP contribution in [0.4, 0.5) is 0 Å². The summed E-state index contributed by atoms with van der Waals surface area (Å²) >= 11 is 5.93. The van der Waals surface area contributed by atoms with E-state index in [0.29, 0.717) is 18.1 Å². The summed E-state index contributed by atoms with van der Waals surface area (Å²) in [5.74, 6) is 0.681. The predicted octanol–water partition coefficient (Wildman–Crippen LogP) is 8.85. The summed E-state index contributed by atoms with van der Waals surface area (Å²) in [4.78, 5) is 12.1. The zero-order valence-corrected chi connectivity index (χ0v) is 22.2. The largest absolute Gasteiger partial charge is 0.488 e. The molecule has 2 aromatic carbocycles. The van der Waals surface area contributed by atoms with Crippen LogP contribution in [0.25, 0.3) is 0 Å². The van der Waals surface area contributed by atoms with E-state index in [1.165, 1.54) is 70.6 Å². The van der Waals surface area contributed by atoms with E-state index >= 15 is 0 Å². The standard InChI is InChI=1S/C30H43ClN2O2/c1-2-3-4-5-6-7-8-9-10-11-12-13-14-19-30(34)33-32-24-27-17-15-16-18-29(27)35-25-26-20-22-28(31)23-21-26/h15-18,20-24H,2-14,19,25H2,1H3,(H,33,34)/b32-24+. The van der Waals surface area contributed by atoms with Crippen molar-refractivity contribution in [2.45, 2.75) is 103 Å². The summed E-state index contributed by atoms with van der Waals surface area (Å²) in [6.45, 7) is 2.71. The van der Waals surface area contributed by atoms with Crippen LogP contribution in [0.15, 0.2) is 53.6 Å². The van der Waals surface area contributed by atoms with E-state index in [-0.39, 0.29) is 5.91 Å². The molecular weight excluding hydrogens is 456 g/mol. The van der Waals surface area contributed by atoms with E-state index in [1.54, 1.807) is 6.21 Å². The second-order valence-corrected chi connectivity index (χ2v) is 9.68. The molecule has 0 saturated heterocycles. The number of nitrogens with one attached hydrogen (secondary N) is 1. The van der Waals surface area contributed by atoms with Gasteiger partial charge in [-0.05, 0) is 36.2 Å². The lowest BCUT2D eigenvalue weighted by Gasteiger charge is -2.09. The van der Waals surface area contributed by atoms with Gasteiger partial charge >= 0.3 is 0 Å². The summed E-state index contributed by atoms with van der Waals surface area (Å²) in [5, 5.41) is 4.83. The third kappa shape index (κ3) is 14.0. The molecular formula is C30H43ClN2O2. The van der Waals surface area contributed by atoms with E-state index in [0.717, 1.165) is 29.7 Å². The molecule has 5 heteroatoms. The molecule has 0 fully saturated rings. The number of carbonyl (C=O) groups is 1. The average molecular weight is 499 g/mol. The number of carbonyl (C=O) groups excluding carboxylic acids is 1. The molecule has 0 bridgehead atoms. The predicted molar refractivity (Wildman–Crippen MR) is 148 cm³/mol. The second kappa shape index (κ2) is 18.9. The SMILES string of the molecule is CCCCCCCCCCCCCCCC(=O)N/N=C/c1ccccc1OCc1ccc(Cl)cc1. The molecule has 0 aliphatic carbocycles. The molecule has 192 valence electrons. The molecule has 2 rings (SSSR count). The van der Waals surface area contributed by atoms with Crippen molar-refractivity contribution in [3.05, 3.63) is 64.7 Å². The molecule has 0 atom stereocenters. The van der Waals surface area contributed by atoms with Crippen LogP contribution in [-0.4, -0.2) is 12.1 Å². The number of hydrogen-bond donors (Lipinski definition) is 1. The minimum absolute atomic E-state index is 0.0381. The maximum absolute atomic E-state index is 12.1. The molecule has 0 aliphatic heterocycles. The first-order chi connectivity index (χ1) is 17.2. The Morgan fingerprint density at radius 2 is 1.40 bits per heavy atom. The molecule has 0 unspecified atom stereocenters. The molecule has 0 spiro atoms. The molecule has 0 radical (unpaired) electrons. The van der Waals surface area contributed by atoms with Crippen molar-refractivity contribution in [2.75, 3.05) is 0 Å². The smallest absolute Gasteiger partial charge is 0.240 e. The monoisotopic (exact) mass is 498 g/mol. The van der Waals surface area contributed by atoms with Crippen LogP contribution in [0.5, 0.6) is 5.75 Å². The number of rotatable bonds is 19. The van der Waals surface area contributed by atoms with Crippen molar-refractivity contribution in [3.8, 4) is 5.75 Å². The molecule has 0 heterocycles. The molecule has 0 saturated carbocycles. The van der Waals surface area contributed by atoms with Crippen LogP contribution in [0.1, 0.15) is 108 Å². The van der Waals surface area contributed by atoms with Gasteiger partial charge in [0, 0.05) is 17.0 Å². The lowest BCUT2D eigenvalue weighted by atomic mass is 10.0. The van der Waals surface area contributed by atoms with Crippen LogP contribution in [0.2, 0.25) is 5.02 Å². The molecule has 0 aliphatic rings. The molecule has 2 aromatic rings. The summed E-state index contributed by atoms with van der Waals surface area (Å²) in [6.07, 6.45) is 19.0. The van der Waals surface area contributed by atoms with Crippen LogP contribution in [-0.2, 0) is 11.4 Å². The highest BCUT2D eigenvalue weighted by atomic mass is 35.5. The number of nitrogens with zero attached hydrogens (tertiary/aromatic N) is 1. The van der Waals surface area contributed by atoms with Crippen molar-refractivity contribution in [1.29, 1.82) is 0 Å². The molecule has 0 aromatic heterocycles. The van der Waals surface area contributed by atoms with E-state index in [1.807, 2.05) is 48.5 Å². The number of unbranched alkanes of at least 4 members (excludes halogenated alkanes) is 12. The van der Waals surface area contributed by atoms with Crippen molar-refractivity contribution >= 4 is 23.7 Å². The third-order valence-corrected chi connectivity index (χ3v) is 6.38. The lowest BCUT2D eigenvalue weighted by Crippen LogP contribution is -2.17. The number of hydrazone groups is 1. The minimum atomic E-state index is -0.0381. The quantitative estimate of drug-likeness (QED) is 0.119. The van der Waals surface area contributed by atoms with Gasteiger partial charge in [0.2, 0.25) is 5.91 Å². The Morgan fingerprint density at radius 1 is 0.829 bits per heavy atom. The van der Waals surface area contributed by atoms with Crippen LogP contribution < -0.4 is 10.2 Å². The Hall–Kier alpha value is -2.33. The van der Waals surface area contributed by atoms with Gasteiger partial charge in [0.25, 0.3) is 0 Å².